The summed E-state index contributed by atoms with van der Waals surface area (Å²) in [5.74, 6) is 0.196. The fourth-order valence-electron chi connectivity index (χ4n) is 2.22. The summed E-state index contributed by atoms with van der Waals surface area (Å²) in [4.78, 5) is 14.1. The molecule has 6 heteroatoms. The predicted molar refractivity (Wildman–Crippen MR) is 68.5 cm³/mol. The molecule has 2 atom stereocenters. The SMILES string of the molecule is COC[C@@H]1C[C@H](OC)CN1C(=O)c1occc1Br. The molecule has 1 saturated heterocycles. The predicted octanol–water partition coefficient (Wildman–Crippen LogP) is 1.92. The molecule has 2 heterocycles. The highest BCUT2D eigenvalue weighted by atomic mass is 79.9. The van der Waals surface area contributed by atoms with E-state index < -0.39 is 0 Å². The van der Waals surface area contributed by atoms with E-state index in [9.17, 15) is 4.79 Å². The molecule has 1 aromatic rings. The summed E-state index contributed by atoms with van der Waals surface area (Å²) >= 11 is 3.30. The Bertz CT molecular complexity index is 420. The van der Waals surface area contributed by atoms with Gasteiger partial charge in [-0.2, -0.15) is 0 Å². The van der Waals surface area contributed by atoms with Crippen LogP contribution in [0.5, 0.6) is 0 Å². The summed E-state index contributed by atoms with van der Waals surface area (Å²) in [5, 5.41) is 0. The largest absolute Gasteiger partial charge is 0.458 e. The van der Waals surface area contributed by atoms with Crippen molar-refractivity contribution < 1.29 is 18.7 Å². The Kier molecular flexibility index (Phi) is 4.42. The topological polar surface area (TPSA) is 51.9 Å². The van der Waals surface area contributed by atoms with Gasteiger partial charge in [-0.05, 0) is 28.4 Å². The van der Waals surface area contributed by atoms with E-state index in [1.165, 1.54) is 6.26 Å². The standard InChI is InChI=1S/C12H16BrNO4/c1-16-7-8-5-9(17-2)6-14(8)12(15)11-10(13)3-4-18-11/h3-4,8-9H,5-7H2,1-2H3/t8-,9-/m0/s1. The molecule has 5 nitrogen and oxygen atoms in total. The van der Waals surface area contributed by atoms with Crippen LogP contribution in [0.4, 0.5) is 0 Å². The normalized spacial score (nSPS) is 23.6. The lowest BCUT2D eigenvalue weighted by molar-refractivity contribution is 0.0581. The number of halogens is 1. The van der Waals surface area contributed by atoms with Crippen LogP contribution in [-0.2, 0) is 9.47 Å². The third kappa shape index (κ3) is 2.60. The van der Waals surface area contributed by atoms with E-state index in [1.807, 2.05) is 0 Å². The fraction of sp³-hybridized carbons (Fsp3) is 0.583. The van der Waals surface area contributed by atoms with E-state index in [-0.39, 0.29) is 18.1 Å². The maximum atomic E-state index is 12.4. The molecule has 0 spiro atoms. The van der Waals surface area contributed by atoms with Gasteiger partial charge in [-0.1, -0.05) is 0 Å². The van der Waals surface area contributed by atoms with Gasteiger partial charge in [-0.15, -0.1) is 0 Å². The number of methoxy groups -OCH3 is 2. The number of rotatable bonds is 4. The van der Waals surface area contributed by atoms with Crippen molar-refractivity contribution in [2.24, 2.45) is 0 Å². The summed E-state index contributed by atoms with van der Waals surface area (Å²) in [5.41, 5.74) is 0. The van der Waals surface area contributed by atoms with Crippen LogP contribution in [0.1, 0.15) is 17.0 Å². The Hall–Kier alpha value is -0.850. The molecule has 2 rings (SSSR count). The zero-order valence-electron chi connectivity index (χ0n) is 10.4. The van der Waals surface area contributed by atoms with Crippen molar-refractivity contribution in [1.29, 1.82) is 0 Å². The first-order chi connectivity index (χ1) is 8.67. The zero-order chi connectivity index (χ0) is 13.1. The summed E-state index contributed by atoms with van der Waals surface area (Å²) in [6.07, 6.45) is 2.34. The van der Waals surface area contributed by atoms with Crippen LogP contribution in [0.15, 0.2) is 21.2 Å². The minimum Gasteiger partial charge on any atom is -0.458 e. The van der Waals surface area contributed by atoms with E-state index in [0.29, 0.717) is 23.4 Å². The van der Waals surface area contributed by atoms with E-state index in [4.69, 9.17) is 13.9 Å². The number of carbonyl (C=O) groups is 1. The van der Waals surface area contributed by atoms with Gasteiger partial charge in [0.05, 0.1) is 29.5 Å². The Balaban J connectivity index is 2.15. The van der Waals surface area contributed by atoms with Gasteiger partial charge in [0.1, 0.15) is 0 Å². The van der Waals surface area contributed by atoms with Crippen molar-refractivity contribution in [3.63, 3.8) is 0 Å². The van der Waals surface area contributed by atoms with Gasteiger partial charge < -0.3 is 18.8 Å². The number of ether oxygens (including phenoxy) is 2. The van der Waals surface area contributed by atoms with Crippen LogP contribution in [0, 0.1) is 0 Å². The molecule has 0 saturated carbocycles. The molecule has 0 bridgehead atoms. The van der Waals surface area contributed by atoms with Gasteiger partial charge in [0, 0.05) is 20.8 Å². The van der Waals surface area contributed by atoms with Crippen LogP contribution in [0.3, 0.4) is 0 Å². The average molecular weight is 318 g/mol. The molecule has 1 amide bonds. The van der Waals surface area contributed by atoms with Gasteiger partial charge in [-0.3, -0.25) is 4.79 Å². The van der Waals surface area contributed by atoms with Gasteiger partial charge in [0.15, 0.2) is 0 Å². The number of furan rings is 1. The molecule has 0 aromatic carbocycles. The second-order valence-electron chi connectivity index (χ2n) is 4.26. The van der Waals surface area contributed by atoms with Crippen LogP contribution in [0.25, 0.3) is 0 Å². The van der Waals surface area contributed by atoms with Gasteiger partial charge in [0.2, 0.25) is 5.76 Å². The van der Waals surface area contributed by atoms with Crippen LogP contribution >= 0.6 is 15.9 Å². The number of nitrogens with zero attached hydrogens (tertiary/aromatic N) is 1. The van der Waals surface area contributed by atoms with Crippen LogP contribution in [-0.4, -0.2) is 50.3 Å². The molecule has 1 fully saturated rings. The first-order valence-corrected chi connectivity index (χ1v) is 6.52. The van der Waals surface area contributed by atoms with E-state index in [0.717, 1.165) is 6.42 Å². The third-order valence-electron chi connectivity index (χ3n) is 3.14. The van der Waals surface area contributed by atoms with Gasteiger partial charge >= 0.3 is 0 Å². The minimum absolute atomic E-state index is 0.0319. The summed E-state index contributed by atoms with van der Waals surface area (Å²) in [6, 6.07) is 1.74. The number of amides is 1. The summed E-state index contributed by atoms with van der Waals surface area (Å²) in [7, 11) is 3.29. The van der Waals surface area contributed by atoms with Crippen molar-refractivity contribution in [3.8, 4) is 0 Å². The molecule has 0 unspecified atom stereocenters. The van der Waals surface area contributed by atoms with Gasteiger partial charge in [0.25, 0.3) is 5.91 Å². The highest BCUT2D eigenvalue weighted by molar-refractivity contribution is 9.10. The minimum atomic E-state index is -0.131. The van der Waals surface area contributed by atoms with E-state index >= 15 is 0 Å². The smallest absolute Gasteiger partial charge is 0.291 e. The van der Waals surface area contributed by atoms with E-state index in [1.54, 1.807) is 25.2 Å². The molecule has 1 aromatic heterocycles. The molecule has 100 valence electrons. The van der Waals surface area contributed by atoms with Crippen molar-refractivity contribution in [2.75, 3.05) is 27.4 Å². The first kappa shape index (κ1) is 13.6. The second kappa shape index (κ2) is 5.86. The van der Waals surface area contributed by atoms with Crippen molar-refractivity contribution in [1.82, 2.24) is 4.90 Å². The monoisotopic (exact) mass is 317 g/mol. The molecule has 0 N–H and O–H groups in total. The van der Waals surface area contributed by atoms with Crippen molar-refractivity contribution in [3.05, 3.63) is 22.6 Å². The molecule has 1 aliphatic heterocycles. The lowest BCUT2D eigenvalue weighted by Gasteiger charge is -2.22. The maximum Gasteiger partial charge on any atom is 0.291 e. The number of carbonyl (C=O) groups excluding carboxylic acids is 1. The summed E-state index contributed by atoms with van der Waals surface area (Å²) in [6.45, 7) is 1.07. The van der Waals surface area contributed by atoms with Crippen molar-refractivity contribution in [2.45, 2.75) is 18.6 Å². The Morgan fingerprint density at radius 3 is 2.94 bits per heavy atom. The number of hydrogen-bond acceptors (Lipinski definition) is 4. The van der Waals surface area contributed by atoms with Crippen LogP contribution in [0.2, 0.25) is 0 Å². The second-order valence-corrected chi connectivity index (χ2v) is 5.11. The van der Waals surface area contributed by atoms with E-state index in [2.05, 4.69) is 15.9 Å². The lowest BCUT2D eigenvalue weighted by Crippen LogP contribution is -2.38. The molecular formula is C12H16BrNO4. The van der Waals surface area contributed by atoms with Crippen LogP contribution < -0.4 is 0 Å². The maximum absolute atomic E-state index is 12.4. The lowest BCUT2D eigenvalue weighted by atomic mass is 10.2. The number of hydrogen-bond donors (Lipinski definition) is 0. The highest BCUT2D eigenvalue weighted by Crippen LogP contribution is 2.26. The highest BCUT2D eigenvalue weighted by Gasteiger charge is 2.37. The zero-order valence-corrected chi connectivity index (χ0v) is 12.0. The Morgan fingerprint density at radius 2 is 2.39 bits per heavy atom. The number of likely N-dealkylation sites (tertiary alicyclic amines) is 1. The first-order valence-electron chi connectivity index (χ1n) is 5.73. The molecular weight excluding hydrogens is 302 g/mol. The Labute approximate surface area is 114 Å². The molecule has 0 aliphatic carbocycles. The molecule has 1 aliphatic rings. The summed E-state index contributed by atoms with van der Waals surface area (Å²) < 4.78 is 16.4. The Morgan fingerprint density at radius 1 is 1.61 bits per heavy atom. The average Bonchev–Trinajstić information content (AvgIpc) is 2.95. The van der Waals surface area contributed by atoms with Gasteiger partial charge in [-0.25, -0.2) is 0 Å². The fourth-order valence-corrected chi connectivity index (χ4v) is 2.59. The van der Waals surface area contributed by atoms with Crippen molar-refractivity contribution >= 4 is 21.8 Å². The molecule has 18 heavy (non-hydrogen) atoms. The quantitative estimate of drug-likeness (QED) is 0.851. The third-order valence-corrected chi connectivity index (χ3v) is 3.77. The molecule has 0 radical (unpaired) electrons.